The molecule has 0 aliphatic heterocycles. The lowest BCUT2D eigenvalue weighted by Crippen LogP contribution is -2.36. The predicted octanol–water partition coefficient (Wildman–Crippen LogP) is 3.73. The zero-order valence-electron chi connectivity index (χ0n) is 8.63. The summed E-state index contributed by atoms with van der Waals surface area (Å²) in [6.07, 6.45) is 0. The minimum absolute atomic E-state index is 0. The lowest BCUT2D eigenvalue weighted by Gasteiger charge is -2.24. The molecule has 0 aromatic heterocycles. The monoisotopic (exact) mass is 473 g/mol. The number of aromatic hydroxyl groups is 1. The van der Waals surface area contributed by atoms with E-state index in [4.69, 9.17) is 10.8 Å². The third-order valence-corrected chi connectivity index (χ3v) is 4.22. The second-order valence-corrected chi connectivity index (χ2v) is 5.81. The number of rotatable bonds is 3. The van der Waals surface area contributed by atoms with Crippen molar-refractivity contribution < 1.29 is 19.0 Å². The molecule has 1 aromatic rings. The van der Waals surface area contributed by atoms with Gasteiger partial charge < -0.3 is 15.9 Å². The Labute approximate surface area is 134 Å². The highest BCUT2D eigenvalue weighted by Crippen LogP contribution is 2.44. The molecule has 0 saturated heterocycles. The van der Waals surface area contributed by atoms with Gasteiger partial charge in [-0.3, -0.25) is 0 Å². The molecule has 0 bridgehead atoms. The molecule has 9 heteroatoms. The Morgan fingerprint density at radius 3 is 2.22 bits per heavy atom. The number of nitrogens with two attached hydrogens (primary N) is 1. The molecule has 4 N–H and O–H groups in total. The van der Waals surface area contributed by atoms with Crippen LogP contribution >= 0.6 is 60.2 Å². The molecule has 3 nitrogen and oxygen atoms in total. The fourth-order valence-corrected chi connectivity index (χ4v) is 3.80. The summed E-state index contributed by atoms with van der Waals surface area (Å²) in [4.78, 5) is 0. The molecule has 0 unspecified atom stereocenters. The fraction of sp³-hybridized carbons (Fsp3) is 0.333. The third-order valence-electron chi connectivity index (χ3n) is 2.16. The summed E-state index contributed by atoms with van der Waals surface area (Å²) in [5.74, 6) is -3.71. The minimum atomic E-state index is -3.48. The maximum atomic E-state index is 13.3. The van der Waals surface area contributed by atoms with Crippen molar-refractivity contribution >= 4 is 60.2 Å². The van der Waals surface area contributed by atoms with Crippen molar-refractivity contribution in [2.24, 2.45) is 5.73 Å². The van der Waals surface area contributed by atoms with E-state index in [9.17, 15) is 13.9 Å². The molecule has 0 aliphatic carbocycles. The summed E-state index contributed by atoms with van der Waals surface area (Å²) in [6.45, 7) is -1.37. The Morgan fingerprint density at radius 1 is 1.28 bits per heavy atom. The average molecular weight is 476 g/mol. The van der Waals surface area contributed by atoms with Gasteiger partial charge in [0.25, 0.3) is 5.92 Å². The Morgan fingerprint density at radius 2 is 1.78 bits per heavy atom. The predicted molar refractivity (Wildman–Crippen MR) is 77.4 cm³/mol. The fourth-order valence-electron chi connectivity index (χ4n) is 1.19. The molecule has 104 valence electrons. The van der Waals surface area contributed by atoms with Gasteiger partial charge in [-0.25, -0.2) is 8.78 Å². The van der Waals surface area contributed by atoms with Gasteiger partial charge in [-0.1, -0.05) is 15.9 Å². The van der Waals surface area contributed by atoms with Crippen molar-refractivity contribution in [3.63, 3.8) is 0 Å². The topological polar surface area (TPSA) is 66.5 Å². The standard InChI is InChI=1S/C9H8Br3F2NO2.ClH/c10-3-1-4(11)7(17)6(12)5(3)8(15)9(13,14)2-16;/h1,8,16-17H,2,15H2;1H/t8-;/m0./s1. The van der Waals surface area contributed by atoms with E-state index in [1.165, 1.54) is 6.07 Å². The van der Waals surface area contributed by atoms with E-state index in [0.717, 1.165) is 0 Å². The summed E-state index contributed by atoms with van der Waals surface area (Å²) in [5, 5.41) is 18.2. The summed E-state index contributed by atoms with van der Waals surface area (Å²) in [6, 6.07) is -0.335. The van der Waals surface area contributed by atoms with Crippen LogP contribution < -0.4 is 5.73 Å². The molecule has 1 aromatic carbocycles. The molecule has 0 amide bonds. The molecular weight excluding hydrogens is 467 g/mol. The first-order valence-corrected chi connectivity index (χ1v) is 6.71. The van der Waals surface area contributed by atoms with Crippen LogP contribution in [0.25, 0.3) is 0 Å². The minimum Gasteiger partial charge on any atom is -0.506 e. The maximum absolute atomic E-state index is 13.3. The molecule has 0 radical (unpaired) electrons. The van der Waals surface area contributed by atoms with Gasteiger partial charge in [0.05, 0.1) is 15.0 Å². The largest absolute Gasteiger partial charge is 0.506 e. The van der Waals surface area contributed by atoms with Gasteiger partial charge >= 0.3 is 0 Å². The van der Waals surface area contributed by atoms with Crippen molar-refractivity contribution in [2.75, 3.05) is 6.61 Å². The number of alkyl halides is 2. The van der Waals surface area contributed by atoms with Gasteiger partial charge in [-0.2, -0.15) is 0 Å². The molecule has 1 rings (SSSR count). The second-order valence-electron chi connectivity index (χ2n) is 3.31. The molecule has 0 saturated carbocycles. The van der Waals surface area contributed by atoms with Crippen LogP contribution in [0.3, 0.4) is 0 Å². The molecule has 0 spiro atoms. The highest BCUT2D eigenvalue weighted by molar-refractivity contribution is 9.11. The molecule has 18 heavy (non-hydrogen) atoms. The first-order chi connectivity index (χ1) is 7.72. The summed E-state index contributed by atoms with van der Waals surface area (Å²) in [7, 11) is 0. The molecule has 1 atom stereocenters. The van der Waals surface area contributed by atoms with Gasteiger partial charge in [0.2, 0.25) is 0 Å². The molecule has 0 aliphatic rings. The van der Waals surface area contributed by atoms with E-state index in [-0.39, 0.29) is 28.2 Å². The number of aliphatic hydroxyl groups excluding tert-OH is 1. The van der Waals surface area contributed by atoms with Crippen molar-refractivity contribution in [1.82, 2.24) is 0 Å². The van der Waals surface area contributed by atoms with Crippen molar-refractivity contribution in [2.45, 2.75) is 12.0 Å². The van der Waals surface area contributed by atoms with Gasteiger partial charge in [-0.15, -0.1) is 12.4 Å². The van der Waals surface area contributed by atoms with E-state index < -0.39 is 18.6 Å². The Kier molecular flexibility index (Phi) is 7.01. The SMILES string of the molecule is Cl.N[C@@H](c1c(Br)cc(Br)c(O)c1Br)C(F)(F)CO. The summed E-state index contributed by atoms with van der Waals surface area (Å²) < 4.78 is 27.3. The first kappa shape index (κ1) is 18.5. The van der Waals surface area contributed by atoms with Crippen molar-refractivity contribution in [3.05, 3.63) is 25.0 Å². The van der Waals surface area contributed by atoms with Crippen LogP contribution in [0.2, 0.25) is 0 Å². The quantitative estimate of drug-likeness (QED) is 0.623. The number of aliphatic hydroxyl groups is 1. The Balaban J connectivity index is 0.00000289. The zero-order valence-corrected chi connectivity index (χ0v) is 14.2. The lowest BCUT2D eigenvalue weighted by atomic mass is 10.0. The van der Waals surface area contributed by atoms with E-state index in [0.29, 0.717) is 8.95 Å². The van der Waals surface area contributed by atoms with E-state index in [1.807, 2.05) is 0 Å². The molecule has 0 heterocycles. The summed E-state index contributed by atoms with van der Waals surface area (Å²) >= 11 is 9.15. The van der Waals surface area contributed by atoms with E-state index >= 15 is 0 Å². The Bertz CT molecular complexity index is 448. The van der Waals surface area contributed by atoms with Gasteiger partial charge in [0, 0.05) is 10.0 Å². The maximum Gasteiger partial charge on any atom is 0.289 e. The lowest BCUT2D eigenvalue weighted by molar-refractivity contribution is -0.0715. The Hall–Kier alpha value is 0.530. The summed E-state index contributed by atoms with van der Waals surface area (Å²) in [5.41, 5.74) is 5.40. The third kappa shape index (κ3) is 3.55. The van der Waals surface area contributed by atoms with Crippen LogP contribution in [0.4, 0.5) is 8.78 Å². The zero-order chi connectivity index (χ0) is 13.4. The number of phenolic OH excluding ortho intramolecular Hbond substituents is 1. The van der Waals surface area contributed by atoms with Gasteiger partial charge in [-0.05, 0) is 37.9 Å². The van der Waals surface area contributed by atoms with Crippen molar-refractivity contribution in [3.8, 4) is 5.75 Å². The second kappa shape index (κ2) is 6.81. The molecular formula is C9H9Br3ClF2NO2. The first-order valence-electron chi connectivity index (χ1n) is 4.33. The highest BCUT2D eigenvalue weighted by Gasteiger charge is 2.40. The van der Waals surface area contributed by atoms with Gasteiger partial charge in [0.15, 0.2) is 0 Å². The van der Waals surface area contributed by atoms with Crippen LogP contribution in [-0.2, 0) is 0 Å². The van der Waals surface area contributed by atoms with E-state index in [2.05, 4.69) is 47.8 Å². The van der Waals surface area contributed by atoms with Crippen LogP contribution in [0, 0.1) is 0 Å². The van der Waals surface area contributed by atoms with Crippen LogP contribution in [0.15, 0.2) is 19.5 Å². The number of hydrogen-bond donors (Lipinski definition) is 3. The smallest absolute Gasteiger partial charge is 0.289 e. The number of halogens is 6. The van der Waals surface area contributed by atoms with Crippen LogP contribution in [0.1, 0.15) is 11.6 Å². The highest BCUT2D eigenvalue weighted by atomic mass is 79.9. The van der Waals surface area contributed by atoms with E-state index in [1.54, 1.807) is 0 Å². The normalized spacial score (nSPS) is 13.1. The number of benzene rings is 1. The number of hydrogen-bond acceptors (Lipinski definition) is 3. The van der Waals surface area contributed by atoms with Crippen LogP contribution in [0.5, 0.6) is 5.75 Å². The molecule has 0 fully saturated rings. The van der Waals surface area contributed by atoms with Gasteiger partial charge in [0.1, 0.15) is 12.4 Å². The van der Waals surface area contributed by atoms with Crippen molar-refractivity contribution in [1.29, 1.82) is 0 Å². The number of phenols is 1. The average Bonchev–Trinajstić information content (AvgIpc) is 2.26. The van der Waals surface area contributed by atoms with Crippen LogP contribution in [-0.4, -0.2) is 22.7 Å².